The average molecular weight is 426 g/mol. The largest absolute Gasteiger partial charge is 0.497 e. The minimum atomic E-state index is -0.112. The summed E-state index contributed by atoms with van der Waals surface area (Å²) in [5.41, 5.74) is 1.52. The SMILES string of the molecule is CCOc1ccc(C(=O)N(CCC(=O)N2CCNCC2)Cc2cccc(OC)c2)cc1. The number of benzene rings is 2. The van der Waals surface area contributed by atoms with Gasteiger partial charge in [0.25, 0.3) is 5.91 Å². The Bertz CT molecular complexity index is 863. The smallest absolute Gasteiger partial charge is 0.254 e. The summed E-state index contributed by atoms with van der Waals surface area (Å²) in [7, 11) is 1.62. The number of rotatable bonds is 9. The second kappa shape index (κ2) is 11.4. The standard InChI is InChI=1S/C24H31N3O4/c1-3-31-21-9-7-20(8-10-21)24(29)27(18-19-5-4-6-22(17-19)30-2)14-11-23(28)26-15-12-25-13-16-26/h4-10,17,25H,3,11-16,18H2,1-2H3. The van der Waals surface area contributed by atoms with Crippen LogP contribution in [0.1, 0.15) is 29.3 Å². The molecule has 0 atom stereocenters. The molecule has 0 radical (unpaired) electrons. The summed E-state index contributed by atoms with van der Waals surface area (Å²) in [6.45, 7) is 6.29. The van der Waals surface area contributed by atoms with E-state index in [1.54, 1.807) is 36.3 Å². The van der Waals surface area contributed by atoms with E-state index in [4.69, 9.17) is 9.47 Å². The zero-order chi connectivity index (χ0) is 22.1. The van der Waals surface area contributed by atoms with Crippen molar-refractivity contribution in [3.8, 4) is 11.5 Å². The van der Waals surface area contributed by atoms with Gasteiger partial charge in [0.05, 0.1) is 13.7 Å². The van der Waals surface area contributed by atoms with E-state index >= 15 is 0 Å². The highest BCUT2D eigenvalue weighted by Crippen LogP contribution is 2.18. The van der Waals surface area contributed by atoms with Gasteiger partial charge in [0.1, 0.15) is 11.5 Å². The summed E-state index contributed by atoms with van der Waals surface area (Å²) in [5.74, 6) is 1.44. The maximum Gasteiger partial charge on any atom is 0.254 e. The van der Waals surface area contributed by atoms with Gasteiger partial charge < -0.3 is 24.6 Å². The monoisotopic (exact) mass is 425 g/mol. The van der Waals surface area contributed by atoms with Gasteiger partial charge in [0.15, 0.2) is 0 Å². The third-order valence-corrected chi connectivity index (χ3v) is 5.27. The summed E-state index contributed by atoms with van der Waals surface area (Å²) < 4.78 is 10.8. The van der Waals surface area contributed by atoms with Crippen molar-refractivity contribution in [2.24, 2.45) is 0 Å². The lowest BCUT2D eigenvalue weighted by molar-refractivity contribution is -0.132. The lowest BCUT2D eigenvalue weighted by Crippen LogP contribution is -2.47. The van der Waals surface area contributed by atoms with Crippen LogP contribution in [0.2, 0.25) is 0 Å². The van der Waals surface area contributed by atoms with Gasteiger partial charge in [0.2, 0.25) is 5.91 Å². The number of nitrogens with one attached hydrogen (secondary N) is 1. The number of hydrogen-bond acceptors (Lipinski definition) is 5. The highest BCUT2D eigenvalue weighted by Gasteiger charge is 2.21. The first kappa shape index (κ1) is 22.6. The van der Waals surface area contributed by atoms with Crippen molar-refractivity contribution in [2.45, 2.75) is 19.9 Å². The van der Waals surface area contributed by atoms with Crippen molar-refractivity contribution in [1.82, 2.24) is 15.1 Å². The number of methoxy groups -OCH3 is 1. The summed E-state index contributed by atoms with van der Waals surface area (Å²) in [6, 6.07) is 14.8. The van der Waals surface area contributed by atoms with Crippen molar-refractivity contribution in [3.63, 3.8) is 0 Å². The van der Waals surface area contributed by atoms with Crippen LogP contribution in [0.3, 0.4) is 0 Å². The van der Waals surface area contributed by atoms with E-state index in [0.29, 0.717) is 44.8 Å². The molecule has 2 amide bonds. The van der Waals surface area contributed by atoms with Gasteiger partial charge in [-0.15, -0.1) is 0 Å². The molecule has 166 valence electrons. The van der Waals surface area contributed by atoms with E-state index in [0.717, 1.165) is 30.2 Å². The molecule has 0 bridgehead atoms. The number of carbonyl (C=O) groups is 2. The van der Waals surface area contributed by atoms with Crippen LogP contribution in [-0.2, 0) is 11.3 Å². The number of carbonyl (C=O) groups excluding carboxylic acids is 2. The van der Waals surface area contributed by atoms with E-state index < -0.39 is 0 Å². The lowest BCUT2D eigenvalue weighted by Gasteiger charge is -2.29. The van der Waals surface area contributed by atoms with Gasteiger partial charge in [-0.25, -0.2) is 0 Å². The normalized spacial score (nSPS) is 13.5. The molecule has 1 N–H and O–H groups in total. The second-order valence-corrected chi connectivity index (χ2v) is 7.42. The predicted octanol–water partition coefficient (Wildman–Crippen LogP) is 2.56. The molecule has 2 aromatic carbocycles. The summed E-state index contributed by atoms with van der Waals surface area (Å²) in [5, 5.41) is 3.25. The molecule has 0 spiro atoms. The maximum absolute atomic E-state index is 13.3. The lowest BCUT2D eigenvalue weighted by atomic mass is 10.1. The molecule has 31 heavy (non-hydrogen) atoms. The highest BCUT2D eigenvalue weighted by molar-refractivity contribution is 5.94. The molecular formula is C24H31N3O4. The van der Waals surface area contributed by atoms with Gasteiger partial charge in [0, 0.05) is 51.3 Å². The third kappa shape index (κ3) is 6.46. The van der Waals surface area contributed by atoms with Crippen LogP contribution in [0.25, 0.3) is 0 Å². The molecule has 0 unspecified atom stereocenters. The van der Waals surface area contributed by atoms with Crippen molar-refractivity contribution in [2.75, 3.05) is 46.4 Å². The van der Waals surface area contributed by atoms with E-state index in [-0.39, 0.29) is 11.8 Å². The Morgan fingerprint density at radius 1 is 1.06 bits per heavy atom. The average Bonchev–Trinajstić information content (AvgIpc) is 2.82. The quantitative estimate of drug-likeness (QED) is 0.669. The number of hydrogen-bond donors (Lipinski definition) is 1. The van der Waals surface area contributed by atoms with E-state index in [1.807, 2.05) is 36.1 Å². The Kier molecular flexibility index (Phi) is 8.29. The number of amides is 2. The number of ether oxygens (including phenoxy) is 2. The Morgan fingerprint density at radius 3 is 2.48 bits per heavy atom. The topological polar surface area (TPSA) is 71.1 Å². The van der Waals surface area contributed by atoms with E-state index in [1.165, 1.54) is 0 Å². The van der Waals surface area contributed by atoms with Crippen molar-refractivity contribution >= 4 is 11.8 Å². The predicted molar refractivity (Wildman–Crippen MR) is 119 cm³/mol. The fourth-order valence-electron chi connectivity index (χ4n) is 3.59. The van der Waals surface area contributed by atoms with Crippen LogP contribution in [0.4, 0.5) is 0 Å². The van der Waals surface area contributed by atoms with Gasteiger partial charge >= 0.3 is 0 Å². The van der Waals surface area contributed by atoms with Crippen molar-refractivity contribution in [1.29, 1.82) is 0 Å². The molecule has 7 heteroatoms. The van der Waals surface area contributed by atoms with Crippen LogP contribution < -0.4 is 14.8 Å². The molecule has 3 rings (SSSR count). The molecule has 2 aromatic rings. The van der Waals surface area contributed by atoms with Gasteiger partial charge in [-0.05, 0) is 48.9 Å². The van der Waals surface area contributed by atoms with E-state index in [9.17, 15) is 9.59 Å². The molecule has 7 nitrogen and oxygen atoms in total. The van der Waals surface area contributed by atoms with Gasteiger partial charge in [-0.3, -0.25) is 9.59 Å². The molecule has 0 aromatic heterocycles. The van der Waals surface area contributed by atoms with Crippen LogP contribution in [0.15, 0.2) is 48.5 Å². The Morgan fingerprint density at radius 2 is 1.81 bits per heavy atom. The summed E-state index contributed by atoms with van der Waals surface area (Å²) in [4.78, 5) is 29.5. The third-order valence-electron chi connectivity index (χ3n) is 5.27. The fraction of sp³-hybridized carbons (Fsp3) is 0.417. The van der Waals surface area contributed by atoms with Crippen molar-refractivity contribution in [3.05, 3.63) is 59.7 Å². The molecule has 1 aliphatic rings. The van der Waals surface area contributed by atoms with E-state index in [2.05, 4.69) is 5.32 Å². The Labute approximate surface area is 183 Å². The van der Waals surface area contributed by atoms with Crippen LogP contribution in [0, 0.1) is 0 Å². The zero-order valence-corrected chi connectivity index (χ0v) is 18.3. The summed E-state index contributed by atoms with van der Waals surface area (Å²) in [6.07, 6.45) is 0.298. The molecular weight excluding hydrogens is 394 g/mol. The minimum Gasteiger partial charge on any atom is -0.497 e. The summed E-state index contributed by atoms with van der Waals surface area (Å²) >= 11 is 0. The van der Waals surface area contributed by atoms with Crippen LogP contribution in [-0.4, -0.2) is 68.1 Å². The first-order chi connectivity index (χ1) is 15.1. The van der Waals surface area contributed by atoms with Crippen LogP contribution in [0.5, 0.6) is 11.5 Å². The highest BCUT2D eigenvalue weighted by atomic mass is 16.5. The molecule has 0 aliphatic carbocycles. The first-order valence-corrected chi connectivity index (χ1v) is 10.7. The first-order valence-electron chi connectivity index (χ1n) is 10.7. The minimum absolute atomic E-state index is 0.0802. The van der Waals surface area contributed by atoms with Crippen LogP contribution >= 0.6 is 0 Å². The fourth-order valence-corrected chi connectivity index (χ4v) is 3.59. The number of piperazine rings is 1. The van der Waals surface area contributed by atoms with Gasteiger partial charge in [-0.1, -0.05) is 12.1 Å². The van der Waals surface area contributed by atoms with Gasteiger partial charge in [-0.2, -0.15) is 0 Å². The molecule has 1 fully saturated rings. The maximum atomic E-state index is 13.3. The zero-order valence-electron chi connectivity index (χ0n) is 18.3. The molecule has 1 saturated heterocycles. The molecule has 1 aliphatic heterocycles. The molecule has 1 heterocycles. The molecule has 0 saturated carbocycles. The second-order valence-electron chi connectivity index (χ2n) is 7.42. The Hall–Kier alpha value is -3.06. The Balaban J connectivity index is 1.73. The van der Waals surface area contributed by atoms with Crippen molar-refractivity contribution < 1.29 is 19.1 Å². The number of nitrogens with zero attached hydrogens (tertiary/aromatic N) is 2.